The Balaban J connectivity index is 0.971. The second kappa shape index (κ2) is 12.1. The second-order valence-corrected chi connectivity index (χ2v) is 12.9. The van der Waals surface area contributed by atoms with Crippen LogP contribution in [0.15, 0.2) is 48.5 Å². The normalized spacial score (nSPS) is 26.3. The number of nitrogens with one attached hydrogen (secondary N) is 2. The number of nitrogens with zero attached hydrogens (tertiary/aromatic N) is 7. The number of morpholine rings is 2. The van der Waals surface area contributed by atoms with Crippen LogP contribution in [-0.4, -0.2) is 110 Å². The Morgan fingerprint density at radius 3 is 1.98 bits per heavy atom. The van der Waals surface area contributed by atoms with E-state index in [1.54, 1.807) is 0 Å². The van der Waals surface area contributed by atoms with Crippen molar-refractivity contribution < 1.29 is 14.3 Å². The number of hydrogen-bond acceptors (Lipinski definition) is 10. The predicted molar refractivity (Wildman–Crippen MR) is 174 cm³/mol. The van der Waals surface area contributed by atoms with Gasteiger partial charge in [0, 0.05) is 61.9 Å². The van der Waals surface area contributed by atoms with Crippen LogP contribution in [0.5, 0.6) is 0 Å². The number of carbonyl (C=O) groups excluding carboxylic acids is 1. The molecule has 2 amide bonds. The molecule has 0 radical (unpaired) electrons. The summed E-state index contributed by atoms with van der Waals surface area (Å²) >= 11 is 0. The number of aromatic nitrogens is 3. The molecule has 5 fully saturated rings. The molecule has 8 rings (SSSR count). The molecule has 236 valence electrons. The molecule has 0 saturated carbocycles. The van der Waals surface area contributed by atoms with Crippen LogP contribution in [0.1, 0.15) is 25.7 Å². The lowest BCUT2D eigenvalue weighted by Crippen LogP contribution is -2.47. The Morgan fingerprint density at radius 1 is 0.733 bits per heavy atom. The molecule has 4 unspecified atom stereocenters. The van der Waals surface area contributed by atoms with Gasteiger partial charge in [0.15, 0.2) is 5.82 Å². The van der Waals surface area contributed by atoms with Gasteiger partial charge in [-0.15, -0.1) is 0 Å². The Bertz CT molecular complexity index is 1480. The van der Waals surface area contributed by atoms with E-state index in [2.05, 4.69) is 49.4 Å². The number of piperazine rings is 1. The van der Waals surface area contributed by atoms with E-state index in [0.717, 1.165) is 82.2 Å². The summed E-state index contributed by atoms with van der Waals surface area (Å²) in [5.41, 5.74) is 3.50. The number of ether oxygens (including phenoxy) is 2. The minimum absolute atomic E-state index is 0.235. The molecule has 0 spiro atoms. The summed E-state index contributed by atoms with van der Waals surface area (Å²) in [5.74, 6) is 2.07. The first-order valence-corrected chi connectivity index (χ1v) is 16.3. The Kier molecular flexibility index (Phi) is 7.64. The molecule has 2 N–H and O–H groups in total. The number of rotatable bonds is 6. The van der Waals surface area contributed by atoms with Crippen molar-refractivity contribution in [3.8, 4) is 11.4 Å². The third-order valence-corrected chi connectivity index (χ3v) is 9.80. The van der Waals surface area contributed by atoms with Crippen LogP contribution >= 0.6 is 0 Å². The SMILES string of the molecule is CN1CCN(c2ccc(NC(=O)Nc3ccc(-c4nc(N5CC6CCC(C5)O6)nc(N5C6CCC5COC6)n4)cc3)cc2)CC1. The number of urea groups is 1. The van der Waals surface area contributed by atoms with Gasteiger partial charge in [-0.1, -0.05) is 0 Å². The zero-order valence-electron chi connectivity index (χ0n) is 25.8. The summed E-state index contributed by atoms with van der Waals surface area (Å²) in [6.45, 7) is 7.14. The molecular formula is C33H41N9O3. The fourth-order valence-corrected chi connectivity index (χ4v) is 7.29. The standard InChI is InChI=1S/C33H41N9O3/c1-39-14-16-40(17-15-39)25-8-6-24(7-9-25)35-33(43)34-23-4-2-22(3-5-23)30-36-31(41-18-28-12-13-29(19-41)45-28)38-32(37-30)42-26-10-11-27(42)21-44-20-26/h2-9,26-29H,10-21H2,1H3,(H2,34,35,43). The summed E-state index contributed by atoms with van der Waals surface area (Å²) in [4.78, 5) is 37.1. The van der Waals surface area contributed by atoms with Crippen molar-refractivity contribution in [1.29, 1.82) is 0 Å². The lowest BCUT2D eigenvalue weighted by atomic mass is 10.2. The average molecular weight is 612 g/mol. The van der Waals surface area contributed by atoms with Gasteiger partial charge >= 0.3 is 6.03 Å². The summed E-state index contributed by atoms with van der Waals surface area (Å²) in [6, 6.07) is 16.0. The molecule has 5 saturated heterocycles. The zero-order valence-corrected chi connectivity index (χ0v) is 25.8. The quantitative estimate of drug-likeness (QED) is 0.428. The van der Waals surface area contributed by atoms with Crippen LogP contribution in [0.4, 0.5) is 33.8 Å². The van der Waals surface area contributed by atoms with Gasteiger partial charge < -0.3 is 39.7 Å². The molecule has 4 bridgehead atoms. The number of likely N-dealkylation sites (N-methyl/N-ethyl adjacent to an activating group) is 1. The molecule has 1 aromatic heterocycles. The molecule has 2 aromatic carbocycles. The summed E-state index contributed by atoms with van der Waals surface area (Å²) in [6.07, 6.45) is 4.82. The number of amides is 2. The van der Waals surface area contributed by atoms with E-state index >= 15 is 0 Å². The van der Waals surface area contributed by atoms with E-state index in [1.807, 2.05) is 36.4 Å². The maximum atomic E-state index is 12.8. The topological polar surface area (TPSA) is 111 Å². The first-order chi connectivity index (χ1) is 22.0. The summed E-state index contributed by atoms with van der Waals surface area (Å²) in [7, 11) is 2.15. The van der Waals surface area contributed by atoms with E-state index in [-0.39, 0.29) is 18.2 Å². The third kappa shape index (κ3) is 6.01. The van der Waals surface area contributed by atoms with Gasteiger partial charge in [0.2, 0.25) is 11.9 Å². The van der Waals surface area contributed by atoms with Gasteiger partial charge in [0.25, 0.3) is 0 Å². The van der Waals surface area contributed by atoms with Crippen molar-refractivity contribution >= 4 is 35.0 Å². The molecule has 6 heterocycles. The summed E-state index contributed by atoms with van der Waals surface area (Å²) < 4.78 is 11.9. The highest BCUT2D eigenvalue weighted by Crippen LogP contribution is 2.35. The van der Waals surface area contributed by atoms with Crippen molar-refractivity contribution in [1.82, 2.24) is 19.9 Å². The van der Waals surface area contributed by atoms with Gasteiger partial charge in [-0.2, -0.15) is 15.0 Å². The van der Waals surface area contributed by atoms with Gasteiger partial charge in [0.05, 0.1) is 37.5 Å². The van der Waals surface area contributed by atoms with Crippen LogP contribution in [-0.2, 0) is 9.47 Å². The van der Waals surface area contributed by atoms with Crippen molar-refractivity contribution in [3.05, 3.63) is 48.5 Å². The fourth-order valence-electron chi connectivity index (χ4n) is 7.29. The fraction of sp³-hybridized carbons (Fsp3) is 0.515. The maximum Gasteiger partial charge on any atom is 0.323 e. The van der Waals surface area contributed by atoms with E-state index in [4.69, 9.17) is 24.4 Å². The van der Waals surface area contributed by atoms with Crippen LogP contribution < -0.4 is 25.3 Å². The first kappa shape index (κ1) is 28.5. The molecule has 5 aliphatic rings. The smallest absolute Gasteiger partial charge is 0.323 e. The Morgan fingerprint density at radius 2 is 1.33 bits per heavy atom. The molecule has 5 aliphatic heterocycles. The van der Waals surface area contributed by atoms with E-state index < -0.39 is 0 Å². The first-order valence-electron chi connectivity index (χ1n) is 16.3. The van der Waals surface area contributed by atoms with Gasteiger partial charge in [-0.25, -0.2) is 4.79 Å². The number of hydrogen-bond donors (Lipinski definition) is 2. The molecule has 45 heavy (non-hydrogen) atoms. The van der Waals surface area contributed by atoms with Crippen LogP contribution in [0.3, 0.4) is 0 Å². The molecule has 12 nitrogen and oxygen atoms in total. The lowest BCUT2D eigenvalue weighted by molar-refractivity contribution is 0.0299. The van der Waals surface area contributed by atoms with Gasteiger partial charge in [0.1, 0.15) is 0 Å². The number of fused-ring (bicyclic) bond motifs is 4. The van der Waals surface area contributed by atoms with Crippen molar-refractivity contribution in [3.63, 3.8) is 0 Å². The van der Waals surface area contributed by atoms with Crippen LogP contribution in [0.2, 0.25) is 0 Å². The van der Waals surface area contributed by atoms with Crippen LogP contribution in [0.25, 0.3) is 11.4 Å². The second-order valence-electron chi connectivity index (χ2n) is 12.9. The average Bonchev–Trinajstić information content (AvgIpc) is 3.53. The molecular weight excluding hydrogens is 570 g/mol. The summed E-state index contributed by atoms with van der Waals surface area (Å²) in [5, 5.41) is 5.90. The minimum Gasteiger partial charge on any atom is -0.377 e. The van der Waals surface area contributed by atoms with Crippen LogP contribution in [0, 0.1) is 0 Å². The Labute approximate surface area is 263 Å². The molecule has 3 aromatic rings. The van der Waals surface area contributed by atoms with E-state index in [9.17, 15) is 4.79 Å². The molecule has 12 heteroatoms. The lowest BCUT2D eigenvalue weighted by Gasteiger charge is -2.36. The maximum absolute atomic E-state index is 12.8. The highest BCUT2D eigenvalue weighted by Gasteiger charge is 2.40. The van der Waals surface area contributed by atoms with E-state index in [1.165, 1.54) is 5.69 Å². The van der Waals surface area contributed by atoms with Crippen molar-refractivity contribution in [2.24, 2.45) is 0 Å². The van der Waals surface area contributed by atoms with Gasteiger partial charge in [-0.05, 0) is 81.3 Å². The van der Waals surface area contributed by atoms with E-state index in [0.29, 0.717) is 42.8 Å². The zero-order chi connectivity index (χ0) is 30.3. The number of anilines is 5. The molecule has 4 atom stereocenters. The highest BCUT2D eigenvalue weighted by atomic mass is 16.5. The number of carbonyl (C=O) groups is 1. The number of benzene rings is 2. The van der Waals surface area contributed by atoms with Crippen molar-refractivity contribution in [2.45, 2.75) is 50.0 Å². The third-order valence-electron chi connectivity index (χ3n) is 9.80. The highest BCUT2D eigenvalue weighted by molar-refractivity contribution is 5.99. The predicted octanol–water partition coefficient (Wildman–Crippen LogP) is 3.67. The van der Waals surface area contributed by atoms with Gasteiger partial charge in [-0.3, -0.25) is 0 Å². The Hall–Kier alpha value is -4.00. The largest absolute Gasteiger partial charge is 0.377 e. The molecule has 0 aliphatic carbocycles. The van der Waals surface area contributed by atoms with Crippen molar-refractivity contribution in [2.75, 3.05) is 84.9 Å². The monoisotopic (exact) mass is 611 g/mol. The minimum atomic E-state index is -0.287.